The van der Waals surface area contributed by atoms with Gasteiger partial charge in [-0.2, -0.15) is 13.2 Å². The van der Waals surface area contributed by atoms with Crippen LogP contribution in [0, 0.1) is 5.92 Å². The smallest absolute Gasteiger partial charge is 0.396 e. The summed E-state index contributed by atoms with van der Waals surface area (Å²) in [4.78, 5) is 12.0. The number of benzene rings is 1. The van der Waals surface area contributed by atoms with Crippen molar-refractivity contribution < 1.29 is 28.2 Å². The summed E-state index contributed by atoms with van der Waals surface area (Å²) in [6.45, 7) is -0.216. The summed E-state index contributed by atoms with van der Waals surface area (Å²) >= 11 is 0. The number of aliphatic hydroxyl groups is 2. The van der Waals surface area contributed by atoms with Gasteiger partial charge in [-0.3, -0.25) is 4.79 Å². The van der Waals surface area contributed by atoms with Gasteiger partial charge in [-0.15, -0.1) is 0 Å². The molecule has 3 N–H and O–H groups in total. The number of rotatable bonds is 3. The number of hydrogen-bond donors (Lipinski definition) is 3. The Morgan fingerprint density at radius 1 is 1.29 bits per heavy atom. The second-order valence-corrected chi connectivity index (χ2v) is 5.20. The molecule has 0 unspecified atom stereocenters. The minimum Gasteiger partial charge on any atom is -0.396 e. The van der Waals surface area contributed by atoms with Gasteiger partial charge in [0.05, 0.1) is 17.2 Å². The number of hydrogen-bond acceptors (Lipinski definition) is 3. The first kappa shape index (κ1) is 15.8. The standard InChI is InChI=1S/C14H16F3NO3/c15-14(16,17)11-4-2-1-3-10(11)13(21)18-9-5-8(7-19)12(20)6-9/h1-4,8-9,12,19-20H,5-7H2,(H,18,21)/t8-,9+,12+/m1/s1. The van der Waals surface area contributed by atoms with E-state index in [0.717, 1.165) is 12.1 Å². The van der Waals surface area contributed by atoms with Crippen LogP contribution in [0.3, 0.4) is 0 Å². The van der Waals surface area contributed by atoms with Crippen LogP contribution in [-0.2, 0) is 6.18 Å². The molecule has 4 nitrogen and oxygen atoms in total. The van der Waals surface area contributed by atoms with Crippen LogP contribution in [0.5, 0.6) is 0 Å². The molecule has 1 saturated carbocycles. The number of nitrogens with one attached hydrogen (secondary N) is 1. The lowest BCUT2D eigenvalue weighted by Crippen LogP contribution is -2.34. The van der Waals surface area contributed by atoms with Gasteiger partial charge in [0.1, 0.15) is 0 Å². The third-order valence-electron chi connectivity index (χ3n) is 3.70. The highest BCUT2D eigenvalue weighted by atomic mass is 19.4. The molecular formula is C14H16F3NO3. The molecule has 3 atom stereocenters. The first-order valence-electron chi connectivity index (χ1n) is 6.59. The first-order chi connectivity index (χ1) is 9.82. The second-order valence-electron chi connectivity index (χ2n) is 5.20. The average Bonchev–Trinajstić information content (AvgIpc) is 2.77. The Morgan fingerprint density at radius 3 is 2.52 bits per heavy atom. The van der Waals surface area contributed by atoms with Crippen LogP contribution < -0.4 is 5.32 Å². The molecule has 0 saturated heterocycles. The van der Waals surface area contributed by atoms with Crippen molar-refractivity contribution in [3.63, 3.8) is 0 Å². The van der Waals surface area contributed by atoms with Crippen molar-refractivity contribution in [3.05, 3.63) is 35.4 Å². The molecule has 0 spiro atoms. The van der Waals surface area contributed by atoms with Crippen molar-refractivity contribution in [2.75, 3.05) is 6.61 Å². The van der Waals surface area contributed by atoms with Crippen LogP contribution in [0.1, 0.15) is 28.8 Å². The van der Waals surface area contributed by atoms with E-state index in [9.17, 15) is 23.1 Å². The Hall–Kier alpha value is -1.60. The van der Waals surface area contributed by atoms with Crippen LogP contribution in [0.15, 0.2) is 24.3 Å². The van der Waals surface area contributed by atoms with Crippen LogP contribution >= 0.6 is 0 Å². The van der Waals surface area contributed by atoms with E-state index in [-0.39, 0.29) is 18.9 Å². The van der Waals surface area contributed by atoms with E-state index >= 15 is 0 Å². The fourth-order valence-electron chi connectivity index (χ4n) is 2.61. The Kier molecular flexibility index (Phi) is 4.53. The summed E-state index contributed by atoms with van der Waals surface area (Å²) in [6.07, 6.45) is -4.78. The molecule has 1 fully saturated rings. The second kappa shape index (κ2) is 6.03. The van der Waals surface area contributed by atoms with E-state index in [2.05, 4.69) is 5.32 Å². The predicted molar refractivity (Wildman–Crippen MR) is 68.5 cm³/mol. The molecule has 0 heterocycles. The normalized spacial score (nSPS) is 25.9. The summed E-state index contributed by atoms with van der Waals surface area (Å²) < 4.78 is 38.5. The van der Waals surface area contributed by atoms with Crippen molar-refractivity contribution in [3.8, 4) is 0 Å². The molecule has 1 aliphatic carbocycles. The maximum atomic E-state index is 12.8. The highest BCUT2D eigenvalue weighted by molar-refractivity contribution is 5.96. The zero-order chi connectivity index (χ0) is 15.6. The Labute approximate surface area is 119 Å². The minimum absolute atomic E-state index is 0.216. The van der Waals surface area contributed by atoms with Crippen molar-refractivity contribution >= 4 is 5.91 Å². The molecule has 2 rings (SSSR count). The summed E-state index contributed by atoms with van der Waals surface area (Å²) in [5.74, 6) is -1.17. The lowest BCUT2D eigenvalue weighted by atomic mass is 10.1. The predicted octanol–water partition coefficient (Wildman–Crippen LogP) is 1.57. The van der Waals surface area contributed by atoms with Gasteiger partial charge in [-0.1, -0.05) is 12.1 Å². The molecule has 0 aliphatic heterocycles. The largest absolute Gasteiger partial charge is 0.417 e. The van der Waals surface area contributed by atoms with E-state index in [4.69, 9.17) is 5.11 Å². The molecule has 0 aromatic heterocycles. The van der Waals surface area contributed by atoms with Crippen LogP contribution in [0.4, 0.5) is 13.2 Å². The summed E-state index contributed by atoms with van der Waals surface area (Å²) in [5.41, 5.74) is -1.42. The fourth-order valence-corrected chi connectivity index (χ4v) is 2.61. The summed E-state index contributed by atoms with van der Waals surface area (Å²) in [5, 5.41) is 21.2. The molecule has 1 aromatic carbocycles. The van der Waals surface area contributed by atoms with Gasteiger partial charge in [0.15, 0.2) is 0 Å². The van der Waals surface area contributed by atoms with Gasteiger partial charge >= 0.3 is 6.18 Å². The topological polar surface area (TPSA) is 69.6 Å². The van der Waals surface area contributed by atoms with Gasteiger partial charge in [0.2, 0.25) is 0 Å². The van der Waals surface area contributed by atoms with Crippen LogP contribution in [0.25, 0.3) is 0 Å². The SMILES string of the molecule is O=C(N[C@H]1C[C@H](CO)[C@@H](O)C1)c1ccccc1C(F)(F)F. The monoisotopic (exact) mass is 303 g/mol. The zero-order valence-electron chi connectivity index (χ0n) is 11.1. The number of carbonyl (C=O) groups is 1. The molecule has 7 heteroatoms. The molecule has 1 aromatic rings. The third-order valence-corrected chi connectivity index (χ3v) is 3.70. The quantitative estimate of drug-likeness (QED) is 0.794. The number of carbonyl (C=O) groups excluding carboxylic acids is 1. The van der Waals surface area contributed by atoms with Crippen molar-refractivity contribution in [2.24, 2.45) is 5.92 Å². The minimum atomic E-state index is -4.60. The van der Waals surface area contributed by atoms with E-state index in [1.165, 1.54) is 12.1 Å². The van der Waals surface area contributed by atoms with Crippen LogP contribution in [-0.4, -0.2) is 34.9 Å². The van der Waals surface area contributed by atoms with Gasteiger partial charge in [0, 0.05) is 18.6 Å². The van der Waals surface area contributed by atoms with Gasteiger partial charge in [-0.05, 0) is 25.0 Å². The molecule has 116 valence electrons. The Morgan fingerprint density at radius 2 is 1.95 bits per heavy atom. The molecule has 1 aliphatic rings. The van der Waals surface area contributed by atoms with Gasteiger partial charge in [-0.25, -0.2) is 0 Å². The summed E-state index contributed by atoms with van der Waals surface area (Å²) in [6, 6.07) is 4.12. The fraction of sp³-hybridized carbons (Fsp3) is 0.500. The lowest BCUT2D eigenvalue weighted by molar-refractivity contribution is -0.137. The van der Waals surface area contributed by atoms with Crippen LogP contribution in [0.2, 0.25) is 0 Å². The van der Waals surface area contributed by atoms with Crippen molar-refractivity contribution in [1.82, 2.24) is 5.32 Å². The highest BCUT2D eigenvalue weighted by Crippen LogP contribution is 2.32. The van der Waals surface area contributed by atoms with Crippen molar-refractivity contribution in [2.45, 2.75) is 31.2 Å². The average molecular weight is 303 g/mol. The molecular weight excluding hydrogens is 287 g/mol. The summed E-state index contributed by atoms with van der Waals surface area (Å²) in [7, 11) is 0. The Bertz CT molecular complexity index is 518. The maximum absolute atomic E-state index is 12.8. The first-order valence-corrected chi connectivity index (χ1v) is 6.59. The van der Waals surface area contributed by atoms with E-state index in [1.807, 2.05) is 0 Å². The third kappa shape index (κ3) is 3.54. The number of halogens is 3. The maximum Gasteiger partial charge on any atom is 0.417 e. The molecule has 21 heavy (non-hydrogen) atoms. The molecule has 0 radical (unpaired) electrons. The van der Waals surface area contributed by atoms with Gasteiger partial charge in [0.25, 0.3) is 5.91 Å². The van der Waals surface area contributed by atoms with E-state index < -0.39 is 35.4 Å². The Balaban J connectivity index is 2.12. The molecule has 0 bridgehead atoms. The zero-order valence-corrected chi connectivity index (χ0v) is 11.1. The lowest BCUT2D eigenvalue weighted by Gasteiger charge is -2.16. The molecule has 1 amide bonds. The van der Waals surface area contributed by atoms with Gasteiger partial charge < -0.3 is 15.5 Å². The van der Waals surface area contributed by atoms with E-state index in [1.54, 1.807) is 0 Å². The highest BCUT2D eigenvalue weighted by Gasteiger charge is 2.37. The number of alkyl halides is 3. The number of amides is 1. The van der Waals surface area contributed by atoms with Crippen molar-refractivity contribution in [1.29, 1.82) is 0 Å². The number of aliphatic hydroxyl groups excluding tert-OH is 2. The van der Waals surface area contributed by atoms with E-state index in [0.29, 0.717) is 6.42 Å².